The van der Waals surface area contributed by atoms with Gasteiger partial charge in [-0.25, -0.2) is 0 Å². The van der Waals surface area contributed by atoms with Crippen molar-refractivity contribution in [1.82, 2.24) is 4.90 Å². The first-order valence-electron chi connectivity index (χ1n) is 5.95. The number of nitrogens with zero attached hydrogens (tertiary/aromatic N) is 1. The summed E-state index contributed by atoms with van der Waals surface area (Å²) >= 11 is 1.90. The van der Waals surface area contributed by atoms with Gasteiger partial charge in [0.15, 0.2) is 0 Å². The Morgan fingerprint density at radius 1 is 1.33 bits per heavy atom. The van der Waals surface area contributed by atoms with Crippen LogP contribution in [0.5, 0.6) is 0 Å². The van der Waals surface area contributed by atoms with Crippen molar-refractivity contribution < 1.29 is 5.11 Å². The maximum atomic E-state index is 10.9. The maximum Gasteiger partial charge on any atom is 0.0989 e. The van der Waals surface area contributed by atoms with Crippen LogP contribution in [0, 0.1) is 5.92 Å². The highest BCUT2D eigenvalue weighted by Crippen LogP contribution is 2.46. The van der Waals surface area contributed by atoms with E-state index in [0.717, 1.165) is 50.4 Å². The smallest absolute Gasteiger partial charge is 0.0989 e. The Morgan fingerprint density at radius 2 is 2.07 bits per heavy atom. The largest absolute Gasteiger partial charge is 0.386 e. The normalized spacial score (nSPS) is 54.8. The molecule has 4 heteroatoms. The van der Waals surface area contributed by atoms with Crippen LogP contribution in [0.3, 0.4) is 0 Å². The number of hydrogen-bond donors (Lipinski definition) is 2. The monoisotopic (exact) mass is 228 g/mol. The lowest BCUT2D eigenvalue weighted by Crippen LogP contribution is -2.73. The topological polar surface area (TPSA) is 49.5 Å². The summed E-state index contributed by atoms with van der Waals surface area (Å²) in [6.45, 7) is 3.14. The molecule has 0 aromatic heterocycles. The first kappa shape index (κ1) is 10.4. The van der Waals surface area contributed by atoms with Gasteiger partial charge >= 0.3 is 0 Å². The van der Waals surface area contributed by atoms with Crippen LogP contribution in [0.1, 0.15) is 19.3 Å². The van der Waals surface area contributed by atoms with E-state index in [2.05, 4.69) is 4.90 Å². The highest BCUT2D eigenvalue weighted by molar-refractivity contribution is 7.99. The zero-order valence-electron chi connectivity index (χ0n) is 9.11. The third-order valence-corrected chi connectivity index (χ3v) is 5.85. The van der Waals surface area contributed by atoms with Crippen molar-refractivity contribution in [3.05, 3.63) is 0 Å². The van der Waals surface area contributed by atoms with E-state index in [1.165, 1.54) is 0 Å². The number of aliphatic hydroxyl groups is 1. The summed E-state index contributed by atoms with van der Waals surface area (Å²) in [5.41, 5.74) is 5.53. The molecule has 86 valence electrons. The van der Waals surface area contributed by atoms with E-state index in [4.69, 9.17) is 5.73 Å². The second kappa shape index (κ2) is 3.36. The van der Waals surface area contributed by atoms with Crippen LogP contribution in [-0.4, -0.2) is 52.3 Å². The predicted octanol–water partition coefficient (Wildman–Crippen LogP) is 0.277. The van der Waals surface area contributed by atoms with Gasteiger partial charge < -0.3 is 15.7 Å². The molecule has 4 fully saturated rings. The molecule has 2 unspecified atom stereocenters. The lowest BCUT2D eigenvalue weighted by atomic mass is 9.65. The molecular formula is C11H20N2OS. The van der Waals surface area contributed by atoms with Crippen molar-refractivity contribution in [1.29, 1.82) is 0 Å². The highest BCUT2D eigenvalue weighted by Gasteiger charge is 2.57. The van der Waals surface area contributed by atoms with Crippen LogP contribution in [0.2, 0.25) is 0 Å². The van der Waals surface area contributed by atoms with E-state index >= 15 is 0 Å². The molecule has 4 saturated heterocycles. The second-order valence-electron chi connectivity index (χ2n) is 5.43. The molecule has 4 aliphatic rings. The van der Waals surface area contributed by atoms with E-state index in [9.17, 15) is 5.11 Å². The highest BCUT2D eigenvalue weighted by atomic mass is 32.2. The molecule has 0 spiro atoms. The van der Waals surface area contributed by atoms with E-state index in [1.54, 1.807) is 0 Å². The molecule has 4 heterocycles. The molecule has 2 atom stereocenters. The van der Waals surface area contributed by atoms with Crippen LogP contribution in [0.4, 0.5) is 0 Å². The summed E-state index contributed by atoms with van der Waals surface area (Å²) in [6.07, 6.45) is 3.26. The number of rotatable bonds is 1. The summed E-state index contributed by atoms with van der Waals surface area (Å²) in [4.78, 5) is 2.39. The fourth-order valence-electron chi connectivity index (χ4n) is 3.52. The van der Waals surface area contributed by atoms with E-state index in [1.807, 2.05) is 11.8 Å². The van der Waals surface area contributed by atoms with Gasteiger partial charge in [0.25, 0.3) is 0 Å². The van der Waals surface area contributed by atoms with Gasteiger partial charge in [0.2, 0.25) is 0 Å². The van der Waals surface area contributed by atoms with Crippen LogP contribution in [0.25, 0.3) is 0 Å². The lowest BCUT2D eigenvalue weighted by molar-refractivity contribution is -0.149. The van der Waals surface area contributed by atoms with Gasteiger partial charge in [0, 0.05) is 12.3 Å². The Kier molecular flexibility index (Phi) is 2.33. The fourth-order valence-corrected chi connectivity index (χ4v) is 4.94. The third kappa shape index (κ3) is 1.38. The van der Waals surface area contributed by atoms with Crippen molar-refractivity contribution in [2.24, 2.45) is 11.7 Å². The van der Waals surface area contributed by atoms with E-state index in [0.29, 0.717) is 5.92 Å². The van der Waals surface area contributed by atoms with E-state index < -0.39 is 5.60 Å². The second-order valence-corrected chi connectivity index (χ2v) is 6.54. The van der Waals surface area contributed by atoms with Crippen LogP contribution < -0.4 is 5.73 Å². The predicted molar refractivity (Wildman–Crippen MR) is 63.0 cm³/mol. The number of thioether (sulfide) groups is 1. The van der Waals surface area contributed by atoms with Crippen molar-refractivity contribution in [3.8, 4) is 0 Å². The average molecular weight is 228 g/mol. The zero-order valence-corrected chi connectivity index (χ0v) is 9.93. The summed E-state index contributed by atoms with van der Waals surface area (Å²) in [5.74, 6) is 2.51. The molecule has 0 amide bonds. The molecule has 2 bridgehead atoms. The molecule has 0 aromatic rings. The number of piperidine rings is 3. The summed E-state index contributed by atoms with van der Waals surface area (Å²) in [7, 11) is 0. The Balaban J connectivity index is 1.89. The minimum absolute atomic E-state index is 0.318. The summed E-state index contributed by atoms with van der Waals surface area (Å²) in [5, 5.41) is 10.9. The van der Waals surface area contributed by atoms with Gasteiger partial charge in [0.1, 0.15) is 0 Å². The van der Waals surface area contributed by atoms with Gasteiger partial charge in [-0.15, -0.1) is 0 Å². The molecule has 0 aliphatic carbocycles. The lowest BCUT2D eigenvalue weighted by Gasteiger charge is -2.56. The average Bonchev–Trinajstić information content (AvgIpc) is 2.68. The number of fused-ring (bicyclic) bond motifs is 3. The molecule has 4 aliphatic heterocycles. The summed E-state index contributed by atoms with van der Waals surface area (Å²) in [6, 6.07) is 0. The molecule has 15 heavy (non-hydrogen) atoms. The number of hydrogen-bond acceptors (Lipinski definition) is 4. The van der Waals surface area contributed by atoms with Crippen LogP contribution >= 0.6 is 11.8 Å². The van der Waals surface area contributed by atoms with Crippen LogP contribution in [0.15, 0.2) is 0 Å². The van der Waals surface area contributed by atoms with Crippen LogP contribution in [-0.2, 0) is 0 Å². The molecule has 0 radical (unpaired) electrons. The van der Waals surface area contributed by atoms with Gasteiger partial charge in [0.05, 0.1) is 11.1 Å². The zero-order chi connectivity index (χ0) is 10.5. The first-order valence-corrected chi connectivity index (χ1v) is 7.11. The van der Waals surface area contributed by atoms with Gasteiger partial charge in [-0.3, -0.25) is 0 Å². The molecule has 0 saturated carbocycles. The van der Waals surface area contributed by atoms with Crippen molar-refractivity contribution in [2.75, 3.05) is 31.1 Å². The Morgan fingerprint density at radius 3 is 2.53 bits per heavy atom. The minimum Gasteiger partial charge on any atom is -0.386 e. The van der Waals surface area contributed by atoms with Gasteiger partial charge in [-0.05, 0) is 44.0 Å². The van der Waals surface area contributed by atoms with E-state index in [-0.39, 0.29) is 5.54 Å². The summed E-state index contributed by atoms with van der Waals surface area (Å²) < 4.78 is 0. The SMILES string of the molecule is NC1(C2(O)CN3CCC2CC3)CCSC1. The maximum absolute atomic E-state index is 10.9. The Hall–Kier alpha value is 0.230. The van der Waals surface area contributed by atoms with Gasteiger partial charge in [-0.2, -0.15) is 11.8 Å². The van der Waals surface area contributed by atoms with Crippen molar-refractivity contribution in [2.45, 2.75) is 30.4 Å². The van der Waals surface area contributed by atoms with Crippen molar-refractivity contribution in [3.63, 3.8) is 0 Å². The first-order chi connectivity index (χ1) is 7.14. The molecular weight excluding hydrogens is 208 g/mol. The number of nitrogens with two attached hydrogens (primary N) is 1. The molecule has 3 N–H and O–H groups in total. The van der Waals surface area contributed by atoms with Gasteiger partial charge in [-0.1, -0.05) is 0 Å². The fraction of sp³-hybridized carbons (Fsp3) is 1.00. The molecule has 4 rings (SSSR count). The minimum atomic E-state index is -0.604. The van der Waals surface area contributed by atoms with Crippen molar-refractivity contribution >= 4 is 11.8 Å². The third-order valence-electron chi connectivity index (χ3n) is 4.64. The Labute approximate surface area is 95.4 Å². The standard InChI is InChI=1S/C11H20N2OS/c12-10(3-6-15-8-10)11(14)7-13-4-1-9(11)2-5-13/h9,14H,1-8,12H2. The molecule has 0 aromatic carbocycles. The Bertz CT molecular complexity index is 259. The quantitative estimate of drug-likeness (QED) is 0.677. The molecule has 3 nitrogen and oxygen atoms in total.